The predicted molar refractivity (Wildman–Crippen MR) is 88.8 cm³/mol. The molecule has 0 radical (unpaired) electrons. The Morgan fingerprint density at radius 3 is 2.39 bits per heavy atom. The van der Waals surface area contributed by atoms with Crippen molar-refractivity contribution in [2.24, 2.45) is 23.5 Å². The van der Waals surface area contributed by atoms with Crippen molar-refractivity contribution in [1.29, 1.82) is 0 Å². The zero-order chi connectivity index (χ0) is 16.4. The molecule has 1 aromatic carbocycles. The summed E-state index contributed by atoms with van der Waals surface area (Å²) in [7, 11) is 0. The standard InChI is InChI=1S/C18H25N3O2/c1-11-2-4-12(5-3-11)17(22)20-8-9-21-18(23)15-13-6-7-14(10-13)16(15)19/h2-5,13-16H,6-10,19H2,1H3,(H,20,22)(H,21,23). The van der Waals surface area contributed by atoms with Gasteiger partial charge < -0.3 is 16.4 Å². The third-order valence-corrected chi connectivity index (χ3v) is 5.31. The molecule has 1 aromatic rings. The Bertz CT molecular complexity index is 582. The number of nitrogens with one attached hydrogen (secondary N) is 2. The van der Waals surface area contributed by atoms with E-state index < -0.39 is 0 Å². The fourth-order valence-electron chi connectivity index (χ4n) is 4.01. The first kappa shape index (κ1) is 16.0. The summed E-state index contributed by atoms with van der Waals surface area (Å²) < 4.78 is 0. The molecule has 2 aliphatic carbocycles. The van der Waals surface area contributed by atoms with Gasteiger partial charge in [-0.05, 0) is 50.2 Å². The Morgan fingerprint density at radius 2 is 1.74 bits per heavy atom. The van der Waals surface area contributed by atoms with Gasteiger partial charge in [-0.2, -0.15) is 0 Å². The number of aryl methyl sites for hydroxylation is 1. The second-order valence-electron chi connectivity index (χ2n) is 6.85. The SMILES string of the molecule is Cc1ccc(C(=O)NCCNC(=O)C2C3CCC(C3)C2N)cc1. The Labute approximate surface area is 137 Å². The molecule has 23 heavy (non-hydrogen) atoms. The summed E-state index contributed by atoms with van der Waals surface area (Å²) in [4.78, 5) is 24.3. The summed E-state index contributed by atoms with van der Waals surface area (Å²) >= 11 is 0. The van der Waals surface area contributed by atoms with E-state index in [2.05, 4.69) is 10.6 Å². The number of fused-ring (bicyclic) bond motifs is 2. The molecule has 2 aliphatic rings. The summed E-state index contributed by atoms with van der Waals surface area (Å²) in [5.74, 6) is 0.876. The molecule has 5 heteroatoms. The maximum absolute atomic E-state index is 12.3. The van der Waals surface area contributed by atoms with Crippen molar-refractivity contribution >= 4 is 11.8 Å². The first-order chi connectivity index (χ1) is 11.1. The normalized spacial score (nSPS) is 28.6. The average Bonchev–Trinajstić information content (AvgIpc) is 3.12. The topological polar surface area (TPSA) is 84.2 Å². The summed E-state index contributed by atoms with van der Waals surface area (Å²) in [6, 6.07) is 7.44. The summed E-state index contributed by atoms with van der Waals surface area (Å²) in [6.45, 7) is 2.85. The fraction of sp³-hybridized carbons (Fsp3) is 0.556. The van der Waals surface area contributed by atoms with Crippen LogP contribution in [-0.2, 0) is 4.79 Å². The number of nitrogens with two attached hydrogens (primary N) is 1. The van der Waals surface area contributed by atoms with Crippen LogP contribution in [-0.4, -0.2) is 30.9 Å². The van der Waals surface area contributed by atoms with Gasteiger partial charge in [0.15, 0.2) is 0 Å². The number of hydrogen-bond donors (Lipinski definition) is 3. The highest BCUT2D eigenvalue weighted by molar-refractivity contribution is 5.94. The molecule has 3 rings (SSSR count). The Hall–Kier alpha value is -1.88. The van der Waals surface area contributed by atoms with E-state index in [9.17, 15) is 9.59 Å². The van der Waals surface area contributed by atoms with Crippen LogP contribution in [0.2, 0.25) is 0 Å². The molecular formula is C18H25N3O2. The van der Waals surface area contributed by atoms with Gasteiger partial charge >= 0.3 is 0 Å². The maximum atomic E-state index is 12.3. The van der Waals surface area contributed by atoms with E-state index in [-0.39, 0.29) is 23.8 Å². The minimum Gasteiger partial charge on any atom is -0.354 e. The lowest BCUT2D eigenvalue weighted by Gasteiger charge is -2.27. The second kappa shape index (κ2) is 6.71. The lowest BCUT2D eigenvalue weighted by atomic mass is 9.84. The summed E-state index contributed by atoms with van der Waals surface area (Å²) in [5, 5.41) is 5.75. The van der Waals surface area contributed by atoms with E-state index in [1.165, 1.54) is 6.42 Å². The number of carbonyl (C=O) groups is 2. The average molecular weight is 315 g/mol. The molecule has 2 saturated carbocycles. The molecule has 2 fully saturated rings. The van der Waals surface area contributed by atoms with Crippen LogP contribution in [0.3, 0.4) is 0 Å². The number of hydrogen-bond acceptors (Lipinski definition) is 3. The lowest BCUT2D eigenvalue weighted by Crippen LogP contribution is -2.46. The van der Waals surface area contributed by atoms with Crippen molar-refractivity contribution in [3.8, 4) is 0 Å². The van der Waals surface area contributed by atoms with Crippen molar-refractivity contribution in [2.45, 2.75) is 32.2 Å². The first-order valence-electron chi connectivity index (χ1n) is 8.44. The molecule has 5 nitrogen and oxygen atoms in total. The summed E-state index contributed by atoms with van der Waals surface area (Å²) in [6.07, 6.45) is 3.40. The molecule has 0 spiro atoms. The van der Waals surface area contributed by atoms with E-state index in [1.807, 2.05) is 19.1 Å². The smallest absolute Gasteiger partial charge is 0.251 e. The monoisotopic (exact) mass is 315 g/mol. The highest BCUT2D eigenvalue weighted by Gasteiger charge is 2.48. The fourth-order valence-corrected chi connectivity index (χ4v) is 4.01. The number of rotatable bonds is 5. The van der Waals surface area contributed by atoms with Gasteiger partial charge in [0, 0.05) is 24.7 Å². The molecule has 4 unspecified atom stereocenters. The zero-order valence-corrected chi connectivity index (χ0v) is 13.5. The largest absolute Gasteiger partial charge is 0.354 e. The molecule has 4 N–H and O–H groups in total. The molecule has 2 bridgehead atoms. The Balaban J connectivity index is 1.40. The van der Waals surface area contributed by atoms with E-state index in [4.69, 9.17) is 5.73 Å². The molecule has 124 valence electrons. The van der Waals surface area contributed by atoms with Crippen LogP contribution >= 0.6 is 0 Å². The van der Waals surface area contributed by atoms with Crippen molar-refractivity contribution in [3.63, 3.8) is 0 Å². The van der Waals surface area contributed by atoms with E-state index in [0.29, 0.717) is 30.5 Å². The highest BCUT2D eigenvalue weighted by atomic mass is 16.2. The maximum Gasteiger partial charge on any atom is 0.251 e. The minimum absolute atomic E-state index is 0.0101. The third kappa shape index (κ3) is 3.39. The van der Waals surface area contributed by atoms with Crippen LogP contribution in [0, 0.1) is 24.7 Å². The molecule has 0 saturated heterocycles. The van der Waals surface area contributed by atoms with Crippen LogP contribution in [0.1, 0.15) is 35.2 Å². The van der Waals surface area contributed by atoms with Gasteiger partial charge in [0.05, 0.1) is 5.92 Å². The molecule has 0 aliphatic heterocycles. The van der Waals surface area contributed by atoms with E-state index in [1.54, 1.807) is 12.1 Å². The van der Waals surface area contributed by atoms with Crippen LogP contribution in [0.5, 0.6) is 0 Å². The van der Waals surface area contributed by atoms with Gasteiger partial charge in [0.25, 0.3) is 5.91 Å². The van der Waals surface area contributed by atoms with E-state index >= 15 is 0 Å². The molecule has 0 heterocycles. The van der Waals surface area contributed by atoms with Crippen LogP contribution in [0.4, 0.5) is 0 Å². The van der Waals surface area contributed by atoms with Gasteiger partial charge in [-0.1, -0.05) is 17.7 Å². The molecule has 4 atom stereocenters. The zero-order valence-electron chi connectivity index (χ0n) is 13.5. The lowest BCUT2D eigenvalue weighted by molar-refractivity contribution is -0.127. The molecule has 2 amide bonds. The predicted octanol–water partition coefficient (Wildman–Crippen LogP) is 1.21. The van der Waals surface area contributed by atoms with Crippen LogP contribution in [0.25, 0.3) is 0 Å². The summed E-state index contributed by atoms with van der Waals surface area (Å²) in [5.41, 5.74) is 7.93. The van der Waals surface area contributed by atoms with Crippen LogP contribution in [0.15, 0.2) is 24.3 Å². The van der Waals surface area contributed by atoms with Crippen molar-refractivity contribution in [3.05, 3.63) is 35.4 Å². The van der Waals surface area contributed by atoms with Gasteiger partial charge in [0.2, 0.25) is 5.91 Å². The third-order valence-electron chi connectivity index (χ3n) is 5.31. The van der Waals surface area contributed by atoms with Crippen LogP contribution < -0.4 is 16.4 Å². The van der Waals surface area contributed by atoms with Crippen molar-refractivity contribution < 1.29 is 9.59 Å². The quantitative estimate of drug-likeness (QED) is 0.714. The number of amides is 2. The van der Waals surface area contributed by atoms with E-state index in [0.717, 1.165) is 18.4 Å². The Kier molecular flexibility index (Phi) is 4.66. The second-order valence-corrected chi connectivity index (χ2v) is 6.85. The highest BCUT2D eigenvalue weighted by Crippen LogP contribution is 2.47. The first-order valence-corrected chi connectivity index (χ1v) is 8.44. The molecular weight excluding hydrogens is 290 g/mol. The molecule has 0 aromatic heterocycles. The van der Waals surface area contributed by atoms with Gasteiger partial charge in [0.1, 0.15) is 0 Å². The van der Waals surface area contributed by atoms with Gasteiger partial charge in [-0.15, -0.1) is 0 Å². The van der Waals surface area contributed by atoms with Crippen molar-refractivity contribution in [2.75, 3.05) is 13.1 Å². The van der Waals surface area contributed by atoms with Crippen molar-refractivity contribution in [1.82, 2.24) is 10.6 Å². The van der Waals surface area contributed by atoms with Gasteiger partial charge in [-0.3, -0.25) is 9.59 Å². The number of carbonyl (C=O) groups excluding carboxylic acids is 2. The number of benzene rings is 1. The Morgan fingerprint density at radius 1 is 1.09 bits per heavy atom. The minimum atomic E-state index is -0.115. The van der Waals surface area contributed by atoms with Gasteiger partial charge in [-0.25, -0.2) is 0 Å².